The summed E-state index contributed by atoms with van der Waals surface area (Å²) in [7, 11) is 0. The highest BCUT2D eigenvalue weighted by molar-refractivity contribution is 5.77. The molecule has 0 unspecified atom stereocenters. The summed E-state index contributed by atoms with van der Waals surface area (Å²) in [5.41, 5.74) is 1.06. The molecule has 1 amide bonds. The second-order valence-electron chi connectivity index (χ2n) is 5.24. The molecule has 0 atom stereocenters. The van der Waals surface area contributed by atoms with Gasteiger partial charge in [0.25, 0.3) is 0 Å². The molecule has 0 heterocycles. The predicted molar refractivity (Wildman–Crippen MR) is 62.5 cm³/mol. The van der Waals surface area contributed by atoms with Crippen molar-refractivity contribution in [3.8, 4) is 0 Å². The van der Waals surface area contributed by atoms with Gasteiger partial charge in [0.05, 0.1) is 6.42 Å². The van der Waals surface area contributed by atoms with E-state index >= 15 is 0 Å². The number of hydroxylamine groups is 1. The molecule has 1 aliphatic rings. The smallest absolute Gasteiger partial charge is 0.414 e. The lowest BCUT2D eigenvalue weighted by atomic mass is 9.69. The predicted octanol–water partition coefficient (Wildman–Crippen LogP) is 2.41. The maximum atomic E-state index is 11.9. The van der Waals surface area contributed by atoms with Gasteiger partial charge in [-0.05, 0) is 18.3 Å². The summed E-state index contributed by atoms with van der Waals surface area (Å²) in [6, 6.07) is 0. The van der Waals surface area contributed by atoms with E-state index in [1.54, 1.807) is 5.48 Å². The summed E-state index contributed by atoms with van der Waals surface area (Å²) in [4.78, 5) is 26.6. The molecule has 0 saturated heterocycles. The number of carboxylic acids is 1. The summed E-state index contributed by atoms with van der Waals surface area (Å²) in [6.07, 6.45) is -0.993. The molecule has 1 rings (SSSR count). The number of carboxylic acid groups (broad SMARTS) is 1. The second-order valence-corrected chi connectivity index (χ2v) is 5.24. The van der Waals surface area contributed by atoms with E-state index < -0.39 is 30.1 Å². The van der Waals surface area contributed by atoms with Crippen LogP contribution in [-0.2, 0) is 14.4 Å². The lowest BCUT2D eigenvalue weighted by Gasteiger charge is -2.35. The number of hydrogen-bond acceptors (Lipinski definition) is 3. The SMILES string of the molecule is O=C(O)CC1(CC(=O)NOCC(F)(F)F)CCCCC1. The summed E-state index contributed by atoms with van der Waals surface area (Å²) < 4.78 is 35.6. The first-order valence-electron chi connectivity index (χ1n) is 6.42. The number of alkyl halides is 3. The zero-order valence-electron chi connectivity index (χ0n) is 11.0. The van der Waals surface area contributed by atoms with E-state index in [9.17, 15) is 22.8 Å². The first kappa shape index (κ1) is 16.7. The van der Waals surface area contributed by atoms with E-state index in [4.69, 9.17) is 5.11 Å². The molecule has 1 aliphatic carbocycles. The van der Waals surface area contributed by atoms with Crippen LogP contribution in [0.15, 0.2) is 0 Å². The van der Waals surface area contributed by atoms with Crippen molar-refractivity contribution in [2.75, 3.05) is 6.61 Å². The number of amides is 1. The summed E-state index contributed by atoms with van der Waals surface area (Å²) >= 11 is 0. The van der Waals surface area contributed by atoms with Crippen LogP contribution in [0.2, 0.25) is 0 Å². The standard InChI is InChI=1S/C12H18F3NO4/c13-12(14,15)8-20-16-9(17)6-11(7-10(18)19)4-2-1-3-5-11/h1-8H2,(H,16,17)(H,18,19). The van der Waals surface area contributed by atoms with Gasteiger partial charge in [0, 0.05) is 6.42 Å². The van der Waals surface area contributed by atoms with Gasteiger partial charge >= 0.3 is 12.1 Å². The number of hydrogen-bond donors (Lipinski definition) is 2. The molecule has 20 heavy (non-hydrogen) atoms. The zero-order chi connectivity index (χ0) is 15.2. The molecule has 0 bridgehead atoms. The normalized spacial score (nSPS) is 18.6. The van der Waals surface area contributed by atoms with Crippen molar-refractivity contribution in [2.45, 2.75) is 51.1 Å². The van der Waals surface area contributed by atoms with Crippen molar-refractivity contribution in [2.24, 2.45) is 5.41 Å². The topological polar surface area (TPSA) is 75.6 Å². The number of rotatable bonds is 6. The maximum Gasteiger partial charge on any atom is 0.414 e. The summed E-state index contributed by atoms with van der Waals surface area (Å²) in [5, 5.41) is 8.91. The van der Waals surface area contributed by atoms with E-state index in [0.717, 1.165) is 19.3 Å². The van der Waals surface area contributed by atoms with Crippen molar-refractivity contribution in [3.05, 3.63) is 0 Å². The van der Waals surface area contributed by atoms with Gasteiger partial charge in [0.2, 0.25) is 5.91 Å². The van der Waals surface area contributed by atoms with Gasteiger partial charge in [0.15, 0.2) is 6.61 Å². The Bertz CT molecular complexity index is 351. The lowest BCUT2D eigenvalue weighted by Crippen LogP contribution is -2.36. The van der Waals surface area contributed by atoms with Crippen LogP contribution < -0.4 is 5.48 Å². The third-order valence-electron chi connectivity index (χ3n) is 3.40. The Morgan fingerprint density at radius 2 is 1.75 bits per heavy atom. The minimum absolute atomic E-state index is 0.128. The van der Waals surface area contributed by atoms with Crippen molar-refractivity contribution in [3.63, 3.8) is 0 Å². The third-order valence-corrected chi connectivity index (χ3v) is 3.40. The first-order valence-corrected chi connectivity index (χ1v) is 6.42. The molecular formula is C12H18F3NO4. The number of aliphatic carboxylic acids is 1. The molecule has 0 spiro atoms. The van der Waals surface area contributed by atoms with Gasteiger partial charge in [-0.2, -0.15) is 13.2 Å². The van der Waals surface area contributed by atoms with Gasteiger partial charge in [0.1, 0.15) is 0 Å². The average Bonchev–Trinajstić information content (AvgIpc) is 2.26. The average molecular weight is 297 g/mol. The first-order chi connectivity index (χ1) is 9.22. The molecular weight excluding hydrogens is 279 g/mol. The quantitative estimate of drug-likeness (QED) is 0.738. The Balaban J connectivity index is 2.48. The molecule has 5 nitrogen and oxygen atoms in total. The van der Waals surface area contributed by atoms with E-state index in [1.165, 1.54) is 0 Å². The van der Waals surface area contributed by atoms with Gasteiger partial charge < -0.3 is 5.11 Å². The molecule has 8 heteroatoms. The van der Waals surface area contributed by atoms with Crippen LogP contribution in [0.25, 0.3) is 0 Å². The molecule has 0 aromatic rings. The highest BCUT2D eigenvalue weighted by Gasteiger charge is 2.37. The minimum atomic E-state index is -4.52. The van der Waals surface area contributed by atoms with Crippen LogP contribution >= 0.6 is 0 Å². The van der Waals surface area contributed by atoms with Crippen LogP contribution in [0.5, 0.6) is 0 Å². The fourth-order valence-electron chi connectivity index (χ4n) is 2.61. The van der Waals surface area contributed by atoms with Crippen LogP contribution in [0.1, 0.15) is 44.9 Å². The number of carbonyl (C=O) groups is 2. The molecule has 0 aliphatic heterocycles. The Hall–Kier alpha value is -1.31. The third kappa shape index (κ3) is 6.23. The van der Waals surface area contributed by atoms with Gasteiger partial charge in [-0.25, -0.2) is 5.48 Å². The van der Waals surface area contributed by atoms with Crippen molar-refractivity contribution >= 4 is 11.9 Å². The lowest BCUT2D eigenvalue weighted by molar-refractivity contribution is -0.192. The monoisotopic (exact) mass is 297 g/mol. The summed E-state index contributed by atoms with van der Waals surface area (Å²) in [5.74, 6) is -1.71. The van der Waals surface area contributed by atoms with Crippen molar-refractivity contribution < 1.29 is 32.7 Å². The fraction of sp³-hybridized carbons (Fsp3) is 0.833. The molecule has 0 aromatic heterocycles. The van der Waals surface area contributed by atoms with E-state index in [1.807, 2.05) is 0 Å². The van der Waals surface area contributed by atoms with Crippen molar-refractivity contribution in [1.82, 2.24) is 5.48 Å². The molecule has 0 aromatic carbocycles. The van der Waals surface area contributed by atoms with Gasteiger partial charge in [-0.15, -0.1) is 0 Å². The highest BCUT2D eigenvalue weighted by Crippen LogP contribution is 2.42. The van der Waals surface area contributed by atoms with Crippen LogP contribution in [0.4, 0.5) is 13.2 Å². The summed E-state index contributed by atoms with van der Waals surface area (Å²) in [6.45, 7) is -1.56. The molecule has 116 valence electrons. The van der Waals surface area contributed by atoms with E-state index in [0.29, 0.717) is 12.8 Å². The number of carbonyl (C=O) groups excluding carboxylic acids is 1. The largest absolute Gasteiger partial charge is 0.481 e. The minimum Gasteiger partial charge on any atom is -0.481 e. The van der Waals surface area contributed by atoms with Gasteiger partial charge in [-0.1, -0.05) is 19.3 Å². The Morgan fingerprint density at radius 1 is 1.15 bits per heavy atom. The van der Waals surface area contributed by atoms with E-state index in [2.05, 4.69) is 4.84 Å². The highest BCUT2D eigenvalue weighted by atomic mass is 19.4. The second kappa shape index (κ2) is 6.92. The Labute approximate surface area is 114 Å². The van der Waals surface area contributed by atoms with Crippen LogP contribution in [0.3, 0.4) is 0 Å². The van der Waals surface area contributed by atoms with Gasteiger partial charge in [-0.3, -0.25) is 14.4 Å². The Morgan fingerprint density at radius 3 is 2.25 bits per heavy atom. The van der Waals surface area contributed by atoms with E-state index in [-0.39, 0.29) is 12.8 Å². The van der Waals surface area contributed by atoms with Crippen molar-refractivity contribution in [1.29, 1.82) is 0 Å². The fourth-order valence-corrected chi connectivity index (χ4v) is 2.61. The van der Waals surface area contributed by atoms with Crippen LogP contribution in [0, 0.1) is 5.41 Å². The molecule has 1 fully saturated rings. The maximum absolute atomic E-state index is 11.9. The molecule has 2 N–H and O–H groups in total. The molecule has 1 saturated carbocycles. The number of halogens is 3. The zero-order valence-corrected chi connectivity index (χ0v) is 11.0. The molecule has 0 radical (unpaired) electrons. The number of nitrogens with one attached hydrogen (secondary N) is 1. The van der Waals surface area contributed by atoms with Crippen LogP contribution in [-0.4, -0.2) is 29.8 Å². The Kier molecular flexibility index (Phi) is 5.79.